The summed E-state index contributed by atoms with van der Waals surface area (Å²) in [6, 6.07) is 14.5. The number of methoxy groups -OCH3 is 1. The molecule has 2 aromatic rings. The van der Waals surface area contributed by atoms with Gasteiger partial charge in [0.15, 0.2) is 11.5 Å². The molecule has 0 saturated carbocycles. The first kappa shape index (κ1) is 16.6. The Bertz CT molecular complexity index is 912. The van der Waals surface area contributed by atoms with Crippen molar-refractivity contribution in [2.45, 2.75) is 31.8 Å². The molecule has 0 N–H and O–H groups in total. The van der Waals surface area contributed by atoms with E-state index in [2.05, 4.69) is 42.2 Å². The van der Waals surface area contributed by atoms with E-state index in [0.717, 1.165) is 42.1 Å². The van der Waals surface area contributed by atoms with Gasteiger partial charge in [-0.3, -0.25) is 9.69 Å². The van der Waals surface area contributed by atoms with E-state index >= 15 is 0 Å². The van der Waals surface area contributed by atoms with Gasteiger partial charge >= 0.3 is 5.97 Å². The standard InChI is InChI=1S/C22H23NO4/c1-21-17-11-19-18(26-14-27-19)10-16(17)12-22(21,20(24)25-2)8-9-23(21)13-15-6-4-3-5-7-15/h3-7,10-11H,8-9,12-14H2,1-2H3/t21-,22+/m1/s1. The molecule has 0 unspecified atom stereocenters. The highest BCUT2D eigenvalue weighted by Crippen LogP contribution is 2.62. The number of rotatable bonds is 3. The summed E-state index contributed by atoms with van der Waals surface area (Å²) in [4.78, 5) is 15.5. The SMILES string of the molecule is COC(=O)[C@@]12CCN(Cc3ccccc3)[C@]1(C)c1cc3c(cc1C2)OCO3. The van der Waals surface area contributed by atoms with E-state index < -0.39 is 11.0 Å². The summed E-state index contributed by atoms with van der Waals surface area (Å²) in [6.45, 7) is 4.09. The van der Waals surface area contributed by atoms with Gasteiger partial charge in [0.1, 0.15) is 0 Å². The van der Waals surface area contributed by atoms with Crippen LogP contribution in [-0.2, 0) is 28.0 Å². The molecule has 0 bridgehead atoms. The van der Waals surface area contributed by atoms with Gasteiger partial charge in [0.05, 0.1) is 18.1 Å². The lowest BCUT2D eigenvalue weighted by molar-refractivity contribution is -0.158. The molecule has 5 rings (SSSR count). The molecule has 0 aromatic heterocycles. The maximum absolute atomic E-state index is 13.0. The fourth-order valence-corrected chi connectivity index (χ4v) is 5.30. The maximum atomic E-state index is 13.0. The normalized spacial score (nSPS) is 28.1. The van der Waals surface area contributed by atoms with Crippen LogP contribution < -0.4 is 9.47 Å². The number of fused-ring (bicyclic) bond motifs is 4. The highest BCUT2D eigenvalue weighted by Gasteiger charge is 2.66. The second-order valence-electron chi connectivity index (χ2n) is 7.84. The van der Waals surface area contributed by atoms with Gasteiger partial charge in [-0.05, 0) is 48.6 Å². The van der Waals surface area contributed by atoms with E-state index in [0.29, 0.717) is 6.42 Å². The summed E-state index contributed by atoms with van der Waals surface area (Å²) >= 11 is 0. The number of hydrogen-bond acceptors (Lipinski definition) is 5. The van der Waals surface area contributed by atoms with E-state index in [9.17, 15) is 4.79 Å². The molecule has 3 aliphatic rings. The van der Waals surface area contributed by atoms with Gasteiger partial charge < -0.3 is 14.2 Å². The Morgan fingerprint density at radius 2 is 1.93 bits per heavy atom. The van der Waals surface area contributed by atoms with Crippen LogP contribution in [0.1, 0.15) is 30.0 Å². The van der Waals surface area contributed by atoms with Crippen LogP contribution in [0.4, 0.5) is 0 Å². The molecule has 5 heteroatoms. The number of benzene rings is 2. The first-order valence-corrected chi connectivity index (χ1v) is 9.39. The summed E-state index contributed by atoms with van der Waals surface area (Å²) in [5, 5.41) is 0. The van der Waals surface area contributed by atoms with Crippen LogP contribution in [0.25, 0.3) is 0 Å². The Hall–Kier alpha value is -2.53. The maximum Gasteiger partial charge on any atom is 0.314 e. The summed E-state index contributed by atoms with van der Waals surface area (Å²) in [7, 11) is 1.49. The van der Waals surface area contributed by atoms with Gasteiger partial charge in [-0.25, -0.2) is 0 Å². The number of carbonyl (C=O) groups is 1. The van der Waals surface area contributed by atoms with Crippen molar-refractivity contribution in [2.24, 2.45) is 5.41 Å². The van der Waals surface area contributed by atoms with Gasteiger partial charge in [0.2, 0.25) is 6.79 Å². The van der Waals surface area contributed by atoms with Crippen LogP contribution >= 0.6 is 0 Å². The third kappa shape index (κ3) is 2.12. The molecular weight excluding hydrogens is 342 g/mol. The zero-order valence-corrected chi connectivity index (χ0v) is 15.7. The van der Waals surface area contributed by atoms with Crippen molar-refractivity contribution in [2.75, 3.05) is 20.4 Å². The third-order valence-corrected chi connectivity index (χ3v) is 6.78. The minimum absolute atomic E-state index is 0.126. The third-order valence-electron chi connectivity index (χ3n) is 6.78. The van der Waals surface area contributed by atoms with Crippen molar-refractivity contribution in [3.63, 3.8) is 0 Å². The second kappa shape index (κ2) is 5.73. The second-order valence-corrected chi connectivity index (χ2v) is 7.84. The van der Waals surface area contributed by atoms with E-state index in [-0.39, 0.29) is 12.8 Å². The largest absolute Gasteiger partial charge is 0.469 e. The van der Waals surface area contributed by atoms with Crippen molar-refractivity contribution in [3.05, 3.63) is 59.2 Å². The minimum atomic E-state index is -0.575. The summed E-state index contributed by atoms with van der Waals surface area (Å²) in [6.07, 6.45) is 1.46. The van der Waals surface area contributed by atoms with Gasteiger partial charge in [-0.15, -0.1) is 0 Å². The van der Waals surface area contributed by atoms with Crippen LogP contribution in [0, 0.1) is 5.41 Å². The van der Waals surface area contributed by atoms with E-state index in [1.165, 1.54) is 12.7 Å². The monoisotopic (exact) mass is 365 g/mol. The fraction of sp³-hybridized carbons (Fsp3) is 0.409. The van der Waals surface area contributed by atoms with Crippen molar-refractivity contribution >= 4 is 5.97 Å². The number of esters is 1. The van der Waals surface area contributed by atoms with Crippen LogP contribution in [0.2, 0.25) is 0 Å². The zero-order valence-electron chi connectivity index (χ0n) is 15.7. The summed E-state index contributed by atoms with van der Waals surface area (Å²) < 4.78 is 16.5. The zero-order chi connectivity index (χ0) is 18.6. The lowest BCUT2D eigenvalue weighted by atomic mass is 9.71. The molecule has 2 aliphatic heterocycles. The Kier molecular flexibility index (Phi) is 3.53. The number of nitrogens with zero attached hydrogens (tertiary/aromatic N) is 1. The molecule has 0 spiro atoms. The van der Waals surface area contributed by atoms with Crippen LogP contribution in [0.3, 0.4) is 0 Å². The molecule has 0 radical (unpaired) electrons. The van der Waals surface area contributed by atoms with Gasteiger partial charge in [0, 0.05) is 13.1 Å². The van der Waals surface area contributed by atoms with E-state index in [1.807, 2.05) is 12.1 Å². The lowest BCUT2D eigenvalue weighted by Gasteiger charge is -2.41. The van der Waals surface area contributed by atoms with Crippen LogP contribution in [-0.4, -0.2) is 31.3 Å². The fourth-order valence-electron chi connectivity index (χ4n) is 5.30. The molecule has 5 nitrogen and oxygen atoms in total. The molecule has 27 heavy (non-hydrogen) atoms. The molecule has 2 aromatic carbocycles. The number of ether oxygens (including phenoxy) is 3. The predicted octanol–water partition coefficient (Wildman–Crippen LogP) is 3.25. The number of likely N-dealkylation sites (tertiary alicyclic amines) is 1. The summed E-state index contributed by atoms with van der Waals surface area (Å²) in [5.74, 6) is 1.41. The van der Waals surface area contributed by atoms with Crippen molar-refractivity contribution in [1.82, 2.24) is 4.90 Å². The molecule has 0 amide bonds. The van der Waals surface area contributed by atoms with Crippen LogP contribution in [0.5, 0.6) is 11.5 Å². The minimum Gasteiger partial charge on any atom is -0.469 e. The molecule has 1 fully saturated rings. The first-order chi connectivity index (χ1) is 13.1. The smallest absolute Gasteiger partial charge is 0.314 e. The van der Waals surface area contributed by atoms with Gasteiger partial charge in [-0.1, -0.05) is 30.3 Å². The van der Waals surface area contributed by atoms with Crippen molar-refractivity contribution in [3.8, 4) is 11.5 Å². The van der Waals surface area contributed by atoms with Gasteiger partial charge in [-0.2, -0.15) is 0 Å². The topological polar surface area (TPSA) is 48.0 Å². The molecule has 2 atom stereocenters. The molecule has 1 saturated heterocycles. The highest BCUT2D eigenvalue weighted by molar-refractivity contribution is 5.82. The molecular formula is C22H23NO4. The Labute approximate surface area is 158 Å². The van der Waals surface area contributed by atoms with E-state index in [4.69, 9.17) is 14.2 Å². The Morgan fingerprint density at radius 1 is 1.19 bits per heavy atom. The quantitative estimate of drug-likeness (QED) is 0.782. The van der Waals surface area contributed by atoms with Crippen molar-refractivity contribution in [1.29, 1.82) is 0 Å². The average Bonchev–Trinajstić information content (AvgIpc) is 3.32. The van der Waals surface area contributed by atoms with E-state index in [1.54, 1.807) is 0 Å². The van der Waals surface area contributed by atoms with Crippen LogP contribution in [0.15, 0.2) is 42.5 Å². The molecule has 140 valence electrons. The first-order valence-electron chi connectivity index (χ1n) is 9.39. The molecule has 2 heterocycles. The summed E-state index contributed by atoms with van der Waals surface area (Å²) in [5.41, 5.74) is 2.55. The highest BCUT2D eigenvalue weighted by atomic mass is 16.7. The Balaban J connectivity index is 1.63. The molecule has 1 aliphatic carbocycles. The lowest BCUT2D eigenvalue weighted by Crippen LogP contribution is -2.50. The van der Waals surface area contributed by atoms with Crippen molar-refractivity contribution < 1.29 is 19.0 Å². The Morgan fingerprint density at radius 3 is 2.67 bits per heavy atom. The average molecular weight is 365 g/mol. The number of carbonyl (C=O) groups excluding carboxylic acids is 1. The predicted molar refractivity (Wildman–Crippen MR) is 99.5 cm³/mol. The number of hydrogen-bond donors (Lipinski definition) is 0. The van der Waals surface area contributed by atoms with Gasteiger partial charge in [0.25, 0.3) is 0 Å².